The lowest BCUT2D eigenvalue weighted by atomic mass is 10.1. The van der Waals surface area contributed by atoms with Gasteiger partial charge in [-0.3, -0.25) is 4.79 Å². The van der Waals surface area contributed by atoms with Crippen molar-refractivity contribution in [2.24, 2.45) is 5.92 Å². The quantitative estimate of drug-likeness (QED) is 0.711. The number of thiol groups is 1. The fourth-order valence-electron chi connectivity index (χ4n) is 2.36. The second-order valence-corrected chi connectivity index (χ2v) is 5.63. The maximum atomic E-state index is 12.0. The Kier molecular flexibility index (Phi) is 6.25. The minimum atomic E-state index is 0.308. The van der Waals surface area contributed by atoms with E-state index in [1.54, 1.807) is 0 Å². The molecule has 1 saturated carbocycles. The summed E-state index contributed by atoms with van der Waals surface area (Å²) in [5.41, 5.74) is 0. The highest BCUT2D eigenvalue weighted by Crippen LogP contribution is 2.24. The molecule has 0 spiro atoms. The van der Waals surface area contributed by atoms with Crippen molar-refractivity contribution in [3.8, 4) is 0 Å². The first kappa shape index (κ1) is 13.9. The van der Waals surface area contributed by atoms with Crippen molar-refractivity contribution in [3.63, 3.8) is 0 Å². The van der Waals surface area contributed by atoms with Crippen LogP contribution < -0.4 is 0 Å². The second kappa shape index (κ2) is 7.21. The Labute approximate surface area is 105 Å². The number of hydrogen-bond acceptors (Lipinski definition) is 2. The third-order valence-electron chi connectivity index (χ3n) is 3.36. The summed E-state index contributed by atoms with van der Waals surface area (Å²) in [4.78, 5) is 14.1. The first-order valence-electron chi connectivity index (χ1n) is 6.55. The average molecular weight is 243 g/mol. The predicted molar refractivity (Wildman–Crippen MR) is 71.9 cm³/mol. The van der Waals surface area contributed by atoms with Crippen molar-refractivity contribution in [2.75, 3.05) is 12.3 Å². The summed E-state index contributed by atoms with van der Waals surface area (Å²) in [5.74, 6) is 1.65. The third-order valence-corrected chi connectivity index (χ3v) is 3.58. The van der Waals surface area contributed by atoms with E-state index >= 15 is 0 Å². The summed E-state index contributed by atoms with van der Waals surface area (Å²) in [7, 11) is 0. The Hall–Kier alpha value is -0.180. The standard InChI is InChI=1S/C13H25NOS/c1-11(2)7-9-14(13(15)8-10-16)12-5-3-4-6-12/h11-12,16H,3-10H2,1-2H3. The van der Waals surface area contributed by atoms with Crippen molar-refractivity contribution < 1.29 is 4.79 Å². The van der Waals surface area contributed by atoms with E-state index in [0.29, 0.717) is 30.0 Å². The van der Waals surface area contributed by atoms with Crippen LogP contribution >= 0.6 is 12.6 Å². The molecule has 0 aromatic carbocycles. The smallest absolute Gasteiger partial charge is 0.223 e. The molecule has 3 heteroatoms. The number of hydrogen-bond donors (Lipinski definition) is 1. The maximum absolute atomic E-state index is 12.0. The lowest BCUT2D eigenvalue weighted by Crippen LogP contribution is -2.40. The van der Waals surface area contributed by atoms with Gasteiger partial charge in [-0.05, 0) is 30.9 Å². The van der Waals surface area contributed by atoms with Gasteiger partial charge in [0.1, 0.15) is 0 Å². The minimum absolute atomic E-state index is 0.308. The maximum Gasteiger partial charge on any atom is 0.223 e. The van der Waals surface area contributed by atoms with Crippen LogP contribution in [0.4, 0.5) is 0 Å². The van der Waals surface area contributed by atoms with Gasteiger partial charge < -0.3 is 4.90 Å². The zero-order valence-electron chi connectivity index (χ0n) is 10.6. The van der Waals surface area contributed by atoms with Crippen molar-refractivity contribution >= 4 is 18.5 Å². The molecule has 0 aromatic rings. The van der Waals surface area contributed by atoms with Crippen LogP contribution in [0.5, 0.6) is 0 Å². The molecule has 1 fully saturated rings. The van der Waals surface area contributed by atoms with Gasteiger partial charge in [-0.25, -0.2) is 0 Å². The zero-order chi connectivity index (χ0) is 12.0. The summed E-state index contributed by atoms with van der Waals surface area (Å²) in [6, 6.07) is 0.520. The molecule has 94 valence electrons. The Morgan fingerprint density at radius 3 is 2.50 bits per heavy atom. The highest BCUT2D eigenvalue weighted by molar-refractivity contribution is 7.80. The summed E-state index contributed by atoms with van der Waals surface area (Å²) in [6.07, 6.45) is 6.70. The Morgan fingerprint density at radius 2 is 2.00 bits per heavy atom. The molecule has 0 aliphatic heterocycles. The lowest BCUT2D eigenvalue weighted by Gasteiger charge is -2.29. The molecule has 1 rings (SSSR count). The van der Waals surface area contributed by atoms with E-state index < -0.39 is 0 Å². The second-order valence-electron chi connectivity index (χ2n) is 5.18. The van der Waals surface area contributed by atoms with Gasteiger partial charge in [0.2, 0.25) is 5.91 Å². The van der Waals surface area contributed by atoms with Crippen molar-refractivity contribution in [2.45, 2.75) is 58.4 Å². The van der Waals surface area contributed by atoms with Gasteiger partial charge >= 0.3 is 0 Å². The Balaban J connectivity index is 2.49. The highest BCUT2D eigenvalue weighted by atomic mass is 32.1. The fraction of sp³-hybridized carbons (Fsp3) is 0.923. The van der Waals surface area contributed by atoms with E-state index in [0.717, 1.165) is 13.0 Å². The number of carbonyl (C=O) groups is 1. The molecule has 0 atom stereocenters. The normalized spacial score (nSPS) is 17.0. The van der Waals surface area contributed by atoms with Crippen LogP contribution in [0.1, 0.15) is 52.4 Å². The molecule has 0 bridgehead atoms. The predicted octanol–water partition coefficient (Wildman–Crippen LogP) is 3.12. The van der Waals surface area contributed by atoms with Gasteiger partial charge in [0.05, 0.1) is 0 Å². The van der Waals surface area contributed by atoms with Crippen molar-refractivity contribution in [3.05, 3.63) is 0 Å². The molecular weight excluding hydrogens is 218 g/mol. The van der Waals surface area contributed by atoms with Crippen LogP contribution in [0.2, 0.25) is 0 Å². The van der Waals surface area contributed by atoms with Gasteiger partial charge in [0.15, 0.2) is 0 Å². The molecule has 1 amide bonds. The highest BCUT2D eigenvalue weighted by Gasteiger charge is 2.25. The number of nitrogens with zero attached hydrogens (tertiary/aromatic N) is 1. The van der Waals surface area contributed by atoms with E-state index in [-0.39, 0.29) is 0 Å². The van der Waals surface area contributed by atoms with Crippen LogP contribution in [0.3, 0.4) is 0 Å². The van der Waals surface area contributed by atoms with E-state index in [4.69, 9.17) is 0 Å². The molecule has 0 N–H and O–H groups in total. The molecule has 2 nitrogen and oxygen atoms in total. The molecule has 0 radical (unpaired) electrons. The summed E-state index contributed by atoms with van der Waals surface area (Å²) >= 11 is 4.16. The molecule has 1 aliphatic rings. The molecule has 16 heavy (non-hydrogen) atoms. The topological polar surface area (TPSA) is 20.3 Å². The van der Waals surface area contributed by atoms with Crippen LogP contribution in [-0.2, 0) is 4.79 Å². The minimum Gasteiger partial charge on any atom is -0.340 e. The molecular formula is C13H25NOS. The molecule has 1 aliphatic carbocycles. The Morgan fingerprint density at radius 1 is 1.38 bits per heavy atom. The molecule has 0 saturated heterocycles. The monoisotopic (exact) mass is 243 g/mol. The van der Waals surface area contributed by atoms with Gasteiger partial charge in [0.25, 0.3) is 0 Å². The van der Waals surface area contributed by atoms with Crippen LogP contribution in [0.25, 0.3) is 0 Å². The first-order chi connectivity index (χ1) is 7.65. The summed E-state index contributed by atoms with van der Waals surface area (Å²) in [6.45, 7) is 5.38. The van der Waals surface area contributed by atoms with Gasteiger partial charge in [0, 0.05) is 19.0 Å². The summed E-state index contributed by atoms with van der Waals surface area (Å²) in [5, 5.41) is 0. The van der Waals surface area contributed by atoms with Gasteiger partial charge in [-0.1, -0.05) is 26.7 Å². The van der Waals surface area contributed by atoms with E-state index in [9.17, 15) is 4.79 Å². The van der Waals surface area contributed by atoms with Crippen LogP contribution in [0, 0.1) is 5.92 Å². The fourth-order valence-corrected chi connectivity index (χ4v) is 2.55. The average Bonchev–Trinajstić information content (AvgIpc) is 2.71. The van der Waals surface area contributed by atoms with Crippen LogP contribution in [-0.4, -0.2) is 29.1 Å². The van der Waals surface area contributed by atoms with E-state index in [2.05, 4.69) is 31.4 Å². The SMILES string of the molecule is CC(C)CCN(C(=O)CCS)C1CCCC1. The van der Waals surface area contributed by atoms with Gasteiger partial charge in [-0.15, -0.1) is 0 Å². The van der Waals surface area contributed by atoms with Crippen molar-refractivity contribution in [1.82, 2.24) is 4.90 Å². The van der Waals surface area contributed by atoms with Crippen LogP contribution in [0.15, 0.2) is 0 Å². The number of rotatable bonds is 6. The largest absolute Gasteiger partial charge is 0.340 e. The molecule has 0 unspecified atom stereocenters. The van der Waals surface area contributed by atoms with E-state index in [1.165, 1.54) is 25.7 Å². The van der Waals surface area contributed by atoms with E-state index in [1.807, 2.05) is 0 Å². The third kappa shape index (κ3) is 4.36. The zero-order valence-corrected chi connectivity index (χ0v) is 11.5. The number of carbonyl (C=O) groups excluding carboxylic acids is 1. The lowest BCUT2D eigenvalue weighted by molar-refractivity contribution is -0.133. The van der Waals surface area contributed by atoms with Crippen molar-refractivity contribution in [1.29, 1.82) is 0 Å². The first-order valence-corrected chi connectivity index (χ1v) is 7.18. The molecule has 0 heterocycles. The summed E-state index contributed by atoms with van der Waals surface area (Å²) < 4.78 is 0. The molecule has 0 aromatic heterocycles. The number of amides is 1. The Bertz CT molecular complexity index is 212. The van der Waals surface area contributed by atoms with Gasteiger partial charge in [-0.2, -0.15) is 12.6 Å².